The molecule has 2 aliphatic heterocycles. The van der Waals surface area contributed by atoms with E-state index in [2.05, 4.69) is 19.2 Å². The van der Waals surface area contributed by atoms with Crippen molar-refractivity contribution in [2.45, 2.75) is 46.1 Å². The topological polar surface area (TPSA) is 79.0 Å². The molecule has 0 aliphatic carbocycles. The summed E-state index contributed by atoms with van der Waals surface area (Å²) >= 11 is 0. The van der Waals surface area contributed by atoms with Crippen molar-refractivity contribution in [3.63, 3.8) is 0 Å². The predicted octanol–water partition coefficient (Wildman–Crippen LogP) is 1.42. The number of carbonyl (C=O) groups excluding carboxylic acids is 1. The van der Waals surface area contributed by atoms with Crippen LogP contribution in [-0.2, 0) is 14.9 Å². The Morgan fingerprint density at radius 1 is 1.17 bits per heavy atom. The minimum atomic E-state index is -3.46. The third-order valence-electron chi connectivity index (χ3n) is 4.47. The number of hydrogen-bond donors (Lipinski definition) is 1. The summed E-state index contributed by atoms with van der Waals surface area (Å²) in [5.74, 6) is 0.763. The van der Waals surface area contributed by atoms with E-state index in [4.69, 9.17) is 4.74 Å². The van der Waals surface area contributed by atoms with Gasteiger partial charge in [-0.15, -0.1) is 0 Å². The van der Waals surface area contributed by atoms with Crippen LogP contribution < -0.4 is 5.32 Å². The Morgan fingerprint density at radius 3 is 2.43 bits per heavy atom. The molecule has 2 saturated heterocycles. The molecule has 0 bridgehead atoms. The normalized spacial score (nSPS) is 30.8. The standard InChI is InChI=1S/C15H29N3O4S/c1-4-22-15(19)16-14-6-5-7-17(11-14)23(20,21)18-9-12(2)8-13(3)10-18/h12-14H,4-11H2,1-3H3,(H,16,19). The minimum absolute atomic E-state index is 0.183. The Labute approximate surface area is 139 Å². The van der Waals surface area contributed by atoms with Gasteiger partial charge in [-0.1, -0.05) is 13.8 Å². The van der Waals surface area contributed by atoms with Crippen LogP contribution in [0.15, 0.2) is 0 Å². The lowest BCUT2D eigenvalue weighted by atomic mass is 9.94. The summed E-state index contributed by atoms with van der Waals surface area (Å²) in [5.41, 5.74) is 0. The summed E-state index contributed by atoms with van der Waals surface area (Å²) in [6.07, 6.45) is 2.11. The maximum Gasteiger partial charge on any atom is 0.407 e. The number of amides is 1. The summed E-state index contributed by atoms with van der Waals surface area (Å²) in [6.45, 7) is 8.25. The Hall–Kier alpha value is -0.860. The van der Waals surface area contributed by atoms with Gasteiger partial charge in [0.2, 0.25) is 0 Å². The molecule has 134 valence electrons. The maximum atomic E-state index is 12.9. The summed E-state index contributed by atoms with van der Waals surface area (Å²) in [4.78, 5) is 11.5. The van der Waals surface area contributed by atoms with Gasteiger partial charge in [0, 0.05) is 32.2 Å². The van der Waals surface area contributed by atoms with Crippen molar-refractivity contribution >= 4 is 16.3 Å². The first kappa shape index (κ1) is 18.5. The van der Waals surface area contributed by atoms with Gasteiger partial charge in [0.05, 0.1) is 6.61 Å². The largest absolute Gasteiger partial charge is 0.450 e. The van der Waals surface area contributed by atoms with Gasteiger partial charge in [0.25, 0.3) is 10.2 Å². The van der Waals surface area contributed by atoms with E-state index in [9.17, 15) is 13.2 Å². The summed E-state index contributed by atoms with van der Waals surface area (Å²) in [5, 5.41) is 2.76. The number of hydrogen-bond acceptors (Lipinski definition) is 4. The molecule has 0 aromatic rings. The predicted molar refractivity (Wildman–Crippen MR) is 88.2 cm³/mol. The van der Waals surface area contributed by atoms with Crippen molar-refractivity contribution < 1.29 is 17.9 Å². The van der Waals surface area contributed by atoms with E-state index in [1.54, 1.807) is 11.2 Å². The number of rotatable bonds is 4. The van der Waals surface area contributed by atoms with Crippen LogP contribution in [0.1, 0.15) is 40.0 Å². The van der Waals surface area contributed by atoms with Crippen LogP contribution in [0.5, 0.6) is 0 Å². The van der Waals surface area contributed by atoms with Gasteiger partial charge >= 0.3 is 6.09 Å². The van der Waals surface area contributed by atoms with Crippen LogP contribution in [0.25, 0.3) is 0 Å². The molecule has 3 unspecified atom stereocenters. The quantitative estimate of drug-likeness (QED) is 0.834. The van der Waals surface area contributed by atoms with E-state index in [-0.39, 0.29) is 6.04 Å². The zero-order valence-corrected chi connectivity index (χ0v) is 15.1. The first-order valence-corrected chi connectivity index (χ1v) is 9.91. The number of carbonyl (C=O) groups is 1. The third-order valence-corrected chi connectivity index (χ3v) is 6.40. The molecule has 2 aliphatic rings. The zero-order valence-electron chi connectivity index (χ0n) is 14.3. The molecule has 0 radical (unpaired) electrons. The molecule has 0 aromatic heterocycles. The first-order chi connectivity index (χ1) is 10.8. The van der Waals surface area contributed by atoms with Gasteiger partial charge in [-0.25, -0.2) is 4.79 Å². The molecule has 0 saturated carbocycles. The van der Waals surface area contributed by atoms with Gasteiger partial charge in [-0.3, -0.25) is 0 Å². The van der Waals surface area contributed by atoms with Crippen LogP contribution >= 0.6 is 0 Å². The maximum absolute atomic E-state index is 12.9. The molecule has 7 nitrogen and oxygen atoms in total. The summed E-state index contributed by atoms with van der Waals surface area (Å²) in [7, 11) is -3.46. The van der Waals surface area contributed by atoms with E-state index in [1.165, 1.54) is 4.31 Å². The van der Waals surface area contributed by atoms with Crippen LogP contribution in [0, 0.1) is 11.8 Å². The Balaban J connectivity index is 2.00. The molecule has 0 aromatic carbocycles. The highest BCUT2D eigenvalue weighted by Crippen LogP contribution is 2.26. The molecule has 2 heterocycles. The highest BCUT2D eigenvalue weighted by atomic mass is 32.2. The van der Waals surface area contributed by atoms with E-state index in [1.807, 2.05) is 0 Å². The van der Waals surface area contributed by atoms with Crippen LogP contribution in [0.2, 0.25) is 0 Å². The molecule has 1 amide bonds. The van der Waals surface area contributed by atoms with Crippen LogP contribution in [-0.4, -0.2) is 61.9 Å². The van der Waals surface area contributed by atoms with E-state index >= 15 is 0 Å². The molecular formula is C15H29N3O4S. The Morgan fingerprint density at radius 2 is 1.83 bits per heavy atom. The SMILES string of the molecule is CCOC(=O)NC1CCCN(S(=O)(=O)N2CC(C)CC(C)C2)C1. The highest BCUT2D eigenvalue weighted by Gasteiger charge is 2.37. The van der Waals surface area contributed by atoms with Gasteiger partial charge in [-0.2, -0.15) is 17.0 Å². The van der Waals surface area contributed by atoms with Gasteiger partial charge in [-0.05, 0) is 38.0 Å². The summed E-state index contributed by atoms with van der Waals surface area (Å²) in [6, 6.07) is -0.183. The molecule has 1 N–H and O–H groups in total. The van der Waals surface area contributed by atoms with E-state index in [0.29, 0.717) is 44.6 Å². The van der Waals surface area contributed by atoms with Crippen molar-refractivity contribution in [1.82, 2.24) is 13.9 Å². The number of alkyl carbamates (subject to hydrolysis) is 1. The molecule has 2 rings (SSSR count). The van der Waals surface area contributed by atoms with Crippen LogP contribution in [0.3, 0.4) is 0 Å². The first-order valence-electron chi connectivity index (χ1n) is 8.51. The second kappa shape index (κ2) is 7.81. The molecule has 0 spiro atoms. The van der Waals surface area contributed by atoms with Gasteiger partial charge in [0.1, 0.15) is 0 Å². The lowest BCUT2D eigenvalue weighted by molar-refractivity contribution is 0.141. The Kier molecular flexibility index (Phi) is 6.27. The van der Waals surface area contributed by atoms with Crippen molar-refractivity contribution in [3.8, 4) is 0 Å². The van der Waals surface area contributed by atoms with Crippen molar-refractivity contribution in [3.05, 3.63) is 0 Å². The average Bonchev–Trinajstić information content (AvgIpc) is 2.46. The smallest absolute Gasteiger partial charge is 0.407 e. The molecule has 23 heavy (non-hydrogen) atoms. The van der Waals surface area contributed by atoms with Gasteiger partial charge in [0.15, 0.2) is 0 Å². The molecular weight excluding hydrogens is 318 g/mol. The fraction of sp³-hybridized carbons (Fsp3) is 0.933. The monoisotopic (exact) mass is 347 g/mol. The number of piperidine rings is 2. The van der Waals surface area contributed by atoms with Crippen molar-refractivity contribution in [1.29, 1.82) is 0 Å². The van der Waals surface area contributed by atoms with Crippen molar-refractivity contribution in [2.24, 2.45) is 11.8 Å². The minimum Gasteiger partial charge on any atom is -0.450 e. The average molecular weight is 347 g/mol. The number of nitrogens with zero attached hydrogens (tertiary/aromatic N) is 2. The highest BCUT2D eigenvalue weighted by molar-refractivity contribution is 7.86. The van der Waals surface area contributed by atoms with Gasteiger partial charge < -0.3 is 10.1 Å². The third kappa shape index (κ3) is 4.81. The fourth-order valence-corrected chi connectivity index (χ4v) is 5.51. The Bertz CT molecular complexity index is 501. The second-order valence-corrected chi connectivity index (χ2v) is 8.76. The van der Waals surface area contributed by atoms with Crippen molar-refractivity contribution in [2.75, 3.05) is 32.8 Å². The molecule has 2 fully saturated rings. The van der Waals surface area contributed by atoms with Crippen LogP contribution in [0.4, 0.5) is 4.79 Å². The second-order valence-electron chi connectivity index (χ2n) is 6.83. The zero-order chi connectivity index (χ0) is 17.0. The fourth-order valence-electron chi connectivity index (χ4n) is 3.57. The number of ether oxygens (including phenoxy) is 1. The number of nitrogens with one attached hydrogen (secondary N) is 1. The lowest BCUT2D eigenvalue weighted by Crippen LogP contribution is -2.55. The molecule has 8 heteroatoms. The lowest BCUT2D eigenvalue weighted by Gasteiger charge is -2.39. The summed E-state index contributed by atoms with van der Waals surface area (Å²) < 4.78 is 33.8. The molecule has 3 atom stereocenters. The van der Waals surface area contributed by atoms with E-state index in [0.717, 1.165) is 19.3 Å². The van der Waals surface area contributed by atoms with E-state index < -0.39 is 16.3 Å².